The van der Waals surface area contributed by atoms with Gasteiger partial charge in [-0.3, -0.25) is 0 Å². The van der Waals surface area contributed by atoms with E-state index in [1.165, 1.54) is 10.7 Å². The second kappa shape index (κ2) is 2.76. The van der Waals surface area contributed by atoms with Gasteiger partial charge in [-0.05, 0) is 6.92 Å². The molecule has 0 saturated carbocycles. The number of aromatic nitrogens is 2. The fourth-order valence-electron chi connectivity index (χ4n) is 0.784. The van der Waals surface area contributed by atoms with Crippen molar-refractivity contribution in [1.29, 1.82) is 0 Å². The molecular weight excluding hydrogens is 182 g/mol. The van der Waals surface area contributed by atoms with Gasteiger partial charge in [-0.2, -0.15) is 18.7 Å². The van der Waals surface area contributed by atoms with E-state index in [-0.39, 0.29) is 5.88 Å². The van der Waals surface area contributed by atoms with E-state index in [0.29, 0.717) is 5.69 Å². The van der Waals surface area contributed by atoms with Crippen LogP contribution in [0.4, 0.5) is 0 Å². The summed E-state index contributed by atoms with van der Waals surface area (Å²) in [6.07, 6.45) is 0. The second-order valence-electron chi connectivity index (χ2n) is 2.32. The zero-order chi connectivity index (χ0) is 9.35. The molecular formula is C5H9N3O3S. The summed E-state index contributed by atoms with van der Waals surface area (Å²) in [5.74, 6) is 0.106. The van der Waals surface area contributed by atoms with E-state index in [2.05, 4.69) is 14.4 Å². The lowest BCUT2D eigenvalue weighted by molar-refractivity contribution is 0.456. The van der Waals surface area contributed by atoms with Crippen molar-refractivity contribution in [3.8, 4) is 5.88 Å². The van der Waals surface area contributed by atoms with Crippen molar-refractivity contribution in [2.75, 3.05) is 0 Å². The van der Waals surface area contributed by atoms with Gasteiger partial charge in [0.25, 0.3) is 0 Å². The zero-order valence-corrected chi connectivity index (χ0v) is 7.50. The summed E-state index contributed by atoms with van der Waals surface area (Å²) in [5, 5.41) is 8.52. The molecule has 0 radical (unpaired) electrons. The predicted octanol–water partition coefficient (Wildman–Crippen LogP) is -0.689. The highest BCUT2D eigenvalue weighted by Gasteiger charge is 2.09. The quantitative estimate of drug-likeness (QED) is 0.670. The summed E-state index contributed by atoms with van der Waals surface area (Å²) in [7, 11) is -2.38. The van der Waals surface area contributed by atoms with Crippen LogP contribution in [0.2, 0.25) is 0 Å². The van der Waals surface area contributed by atoms with Crippen LogP contribution in [0.5, 0.6) is 5.88 Å². The van der Waals surface area contributed by atoms with Gasteiger partial charge in [0.15, 0.2) is 0 Å². The van der Waals surface area contributed by atoms with Crippen LogP contribution in [0, 0.1) is 6.92 Å². The molecule has 0 unspecified atom stereocenters. The number of rotatable bonds is 2. The third-order valence-electron chi connectivity index (χ3n) is 1.16. The predicted molar refractivity (Wildman–Crippen MR) is 41.7 cm³/mol. The molecule has 0 aromatic carbocycles. The fourth-order valence-corrected chi connectivity index (χ4v) is 1.18. The second-order valence-corrected chi connectivity index (χ2v) is 3.48. The largest absolute Gasteiger partial charge is 0.381 e. The molecule has 0 atom stereocenters. The SMILES string of the molecule is Cc1cc(OS(N)(=O)=O)n(C)n1. The summed E-state index contributed by atoms with van der Waals surface area (Å²) in [5.41, 5.74) is 0.663. The maximum Gasteiger partial charge on any atom is 0.381 e. The molecule has 68 valence electrons. The van der Waals surface area contributed by atoms with Crippen LogP contribution in [-0.4, -0.2) is 18.2 Å². The van der Waals surface area contributed by atoms with Crippen LogP contribution >= 0.6 is 0 Å². The Bertz CT molecular complexity index is 381. The molecule has 0 aliphatic heterocycles. The van der Waals surface area contributed by atoms with Gasteiger partial charge in [-0.25, -0.2) is 4.68 Å². The minimum absolute atomic E-state index is 0.106. The lowest BCUT2D eigenvalue weighted by Gasteiger charge is -2.00. The molecule has 1 aromatic heterocycles. The molecule has 0 amide bonds. The summed E-state index contributed by atoms with van der Waals surface area (Å²) in [4.78, 5) is 0. The van der Waals surface area contributed by atoms with Gasteiger partial charge in [0.1, 0.15) is 0 Å². The Morgan fingerprint density at radius 1 is 1.67 bits per heavy atom. The van der Waals surface area contributed by atoms with Crippen molar-refractivity contribution in [2.45, 2.75) is 6.92 Å². The summed E-state index contributed by atoms with van der Waals surface area (Å²) < 4.78 is 26.6. The molecule has 6 nitrogen and oxygen atoms in total. The molecule has 0 aliphatic carbocycles. The van der Waals surface area contributed by atoms with E-state index < -0.39 is 10.3 Å². The van der Waals surface area contributed by atoms with Crippen molar-refractivity contribution in [3.05, 3.63) is 11.8 Å². The van der Waals surface area contributed by atoms with E-state index >= 15 is 0 Å². The van der Waals surface area contributed by atoms with E-state index in [1.54, 1.807) is 14.0 Å². The van der Waals surface area contributed by atoms with Crippen molar-refractivity contribution < 1.29 is 12.6 Å². The molecule has 0 fully saturated rings. The first kappa shape index (κ1) is 9.01. The van der Waals surface area contributed by atoms with Crippen LogP contribution in [-0.2, 0) is 17.4 Å². The fraction of sp³-hybridized carbons (Fsp3) is 0.400. The number of nitrogens with zero attached hydrogens (tertiary/aromatic N) is 2. The Morgan fingerprint density at radius 3 is 2.58 bits per heavy atom. The molecule has 1 aromatic rings. The van der Waals surface area contributed by atoms with Gasteiger partial charge in [0, 0.05) is 13.1 Å². The first-order valence-corrected chi connectivity index (χ1v) is 4.58. The molecule has 12 heavy (non-hydrogen) atoms. The van der Waals surface area contributed by atoms with Gasteiger partial charge in [-0.1, -0.05) is 0 Å². The Hall–Kier alpha value is -1.08. The van der Waals surface area contributed by atoms with Crippen molar-refractivity contribution in [1.82, 2.24) is 9.78 Å². The van der Waals surface area contributed by atoms with E-state index in [4.69, 9.17) is 0 Å². The average Bonchev–Trinajstić information content (AvgIpc) is 2.06. The highest BCUT2D eigenvalue weighted by atomic mass is 32.2. The molecule has 7 heteroatoms. The van der Waals surface area contributed by atoms with E-state index in [0.717, 1.165) is 0 Å². The minimum atomic E-state index is -3.95. The lowest BCUT2D eigenvalue weighted by atomic mass is 10.5. The molecule has 1 rings (SSSR count). The summed E-state index contributed by atoms with van der Waals surface area (Å²) >= 11 is 0. The first-order valence-electron chi connectivity index (χ1n) is 3.11. The van der Waals surface area contributed by atoms with Crippen LogP contribution in [0.1, 0.15) is 5.69 Å². The standard InChI is InChI=1S/C5H9N3O3S/c1-4-3-5(8(2)7-4)11-12(6,9)10/h3H,1-2H3,(H2,6,9,10). The maximum absolute atomic E-state index is 10.5. The van der Waals surface area contributed by atoms with Crippen molar-refractivity contribution in [3.63, 3.8) is 0 Å². The Morgan fingerprint density at radius 2 is 2.25 bits per heavy atom. The summed E-state index contributed by atoms with van der Waals surface area (Å²) in [6.45, 7) is 1.72. The van der Waals surface area contributed by atoms with Crippen molar-refractivity contribution >= 4 is 10.3 Å². The van der Waals surface area contributed by atoms with Crippen LogP contribution in [0.25, 0.3) is 0 Å². The smallest absolute Gasteiger partial charge is 0.351 e. The minimum Gasteiger partial charge on any atom is -0.351 e. The number of hydrogen-bond acceptors (Lipinski definition) is 4. The third-order valence-corrected chi connectivity index (χ3v) is 1.56. The monoisotopic (exact) mass is 191 g/mol. The highest BCUT2D eigenvalue weighted by Crippen LogP contribution is 2.11. The van der Waals surface area contributed by atoms with Crippen LogP contribution < -0.4 is 9.32 Å². The Balaban J connectivity index is 2.97. The van der Waals surface area contributed by atoms with E-state index in [1.807, 2.05) is 0 Å². The Kier molecular flexibility index (Phi) is 2.07. The molecule has 0 aliphatic rings. The molecule has 0 spiro atoms. The van der Waals surface area contributed by atoms with E-state index in [9.17, 15) is 8.42 Å². The molecule has 2 N–H and O–H groups in total. The summed E-state index contributed by atoms with van der Waals surface area (Å²) in [6, 6.07) is 1.48. The zero-order valence-electron chi connectivity index (χ0n) is 6.68. The van der Waals surface area contributed by atoms with Gasteiger partial charge in [0.05, 0.1) is 5.69 Å². The lowest BCUT2D eigenvalue weighted by Crippen LogP contribution is -2.20. The molecule has 0 saturated heterocycles. The van der Waals surface area contributed by atoms with Crippen LogP contribution in [0.15, 0.2) is 6.07 Å². The first-order chi connectivity index (χ1) is 5.38. The Labute approximate surface area is 70.2 Å². The topological polar surface area (TPSA) is 87.2 Å². The normalized spacial score (nSPS) is 11.6. The molecule has 0 bridgehead atoms. The van der Waals surface area contributed by atoms with Crippen LogP contribution in [0.3, 0.4) is 0 Å². The third kappa shape index (κ3) is 2.21. The number of hydrogen-bond donors (Lipinski definition) is 1. The number of nitrogens with two attached hydrogens (primary N) is 1. The van der Waals surface area contributed by atoms with Crippen molar-refractivity contribution in [2.24, 2.45) is 12.2 Å². The number of aryl methyl sites for hydroxylation is 2. The highest BCUT2D eigenvalue weighted by molar-refractivity contribution is 7.84. The maximum atomic E-state index is 10.5. The van der Waals surface area contributed by atoms with Gasteiger partial charge < -0.3 is 4.18 Å². The average molecular weight is 191 g/mol. The van der Waals surface area contributed by atoms with Gasteiger partial charge in [0.2, 0.25) is 5.88 Å². The molecule has 1 heterocycles. The van der Waals surface area contributed by atoms with Gasteiger partial charge >= 0.3 is 10.3 Å². The van der Waals surface area contributed by atoms with Gasteiger partial charge in [-0.15, -0.1) is 0 Å².